The van der Waals surface area contributed by atoms with Crippen LogP contribution in [0.5, 0.6) is 0 Å². The van der Waals surface area contributed by atoms with Crippen LogP contribution in [0.4, 0.5) is 11.4 Å². The average Bonchev–Trinajstić information content (AvgIpc) is 3.06. The van der Waals surface area contributed by atoms with Crippen molar-refractivity contribution in [1.82, 2.24) is 14.8 Å². The molecule has 3 aromatic rings. The minimum atomic E-state index is -1.51. The van der Waals surface area contributed by atoms with Crippen molar-refractivity contribution in [1.29, 1.82) is 0 Å². The molecule has 9 nitrogen and oxygen atoms in total. The van der Waals surface area contributed by atoms with E-state index in [2.05, 4.69) is 15.5 Å². The molecule has 12 heteroatoms. The molecule has 0 fully saturated rings. The lowest BCUT2D eigenvalue weighted by atomic mass is 10.2. The Morgan fingerprint density at radius 3 is 2.39 bits per heavy atom. The Labute approximate surface area is 191 Å². The number of hydrogen-bond donors (Lipinski definition) is 4. The number of aliphatic hydroxyl groups is 1. The third-order valence-corrected chi connectivity index (χ3v) is 5.19. The molecular formula is C19H17ClN5O4S2-. The number of nitrogens with zero attached hydrogens (tertiary/aromatic N) is 2. The number of benzene rings is 2. The van der Waals surface area contributed by atoms with Gasteiger partial charge in [0.25, 0.3) is 0 Å². The van der Waals surface area contributed by atoms with E-state index in [1.54, 1.807) is 53.1 Å². The van der Waals surface area contributed by atoms with E-state index in [-0.39, 0.29) is 6.54 Å². The number of halogens is 1. The zero-order valence-corrected chi connectivity index (χ0v) is 18.3. The van der Waals surface area contributed by atoms with Gasteiger partial charge in [-0.15, -0.1) is 0 Å². The number of anilines is 2. The fourth-order valence-corrected chi connectivity index (χ4v) is 3.62. The lowest BCUT2D eigenvalue weighted by molar-refractivity contribution is -0.308. The number of carboxylic acids is 1. The summed E-state index contributed by atoms with van der Waals surface area (Å²) in [4.78, 5) is 25.4. The van der Waals surface area contributed by atoms with Gasteiger partial charge in [0.1, 0.15) is 0 Å². The van der Waals surface area contributed by atoms with Crippen molar-refractivity contribution in [3.05, 3.63) is 63.1 Å². The standard InChI is InChI=1S/C19H18ClN5O4S2/c20-11-4-6-13(7-5-11)24(15(10-26)17(28)29)9-16(27)21-12-2-1-3-14(8-12)25-18(30)22-23-19(25)31/h1-8,15,26H,9-10H2,(H,21,27)(H,22,30)(H,23,31)(H,28,29)/p-1. The Kier molecular flexibility index (Phi) is 7.23. The van der Waals surface area contributed by atoms with E-state index < -0.39 is 24.5 Å². The quantitative estimate of drug-likeness (QED) is 0.363. The number of hydrogen-bond acceptors (Lipinski definition) is 7. The summed E-state index contributed by atoms with van der Waals surface area (Å²) in [6.45, 7) is -1.09. The number of carbonyl (C=O) groups is 2. The molecule has 0 saturated heterocycles. The maximum Gasteiger partial charge on any atom is 0.243 e. The molecule has 0 aliphatic rings. The fraction of sp³-hybridized carbons (Fsp3) is 0.158. The molecule has 0 aliphatic heterocycles. The van der Waals surface area contributed by atoms with Crippen LogP contribution in [0.25, 0.3) is 5.69 Å². The fourth-order valence-electron chi connectivity index (χ4n) is 2.94. The highest BCUT2D eigenvalue weighted by atomic mass is 35.5. The van der Waals surface area contributed by atoms with Crippen LogP contribution in [0.3, 0.4) is 0 Å². The number of aromatic nitrogens is 3. The highest BCUT2D eigenvalue weighted by Crippen LogP contribution is 2.21. The van der Waals surface area contributed by atoms with Gasteiger partial charge in [-0.3, -0.25) is 19.6 Å². The van der Waals surface area contributed by atoms with Gasteiger partial charge in [0.05, 0.1) is 30.9 Å². The van der Waals surface area contributed by atoms with Crippen LogP contribution in [0.2, 0.25) is 5.02 Å². The van der Waals surface area contributed by atoms with E-state index in [0.29, 0.717) is 31.6 Å². The van der Waals surface area contributed by atoms with Gasteiger partial charge in [-0.2, -0.15) is 0 Å². The number of aromatic amines is 2. The van der Waals surface area contributed by atoms with Gasteiger partial charge < -0.3 is 25.2 Å². The normalized spacial score (nSPS) is 11.7. The second-order valence-corrected chi connectivity index (χ2v) is 7.63. The maximum absolute atomic E-state index is 12.7. The van der Waals surface area contributed by atoms with Crippen LogP contribution in [-0.4, -0.2) is 50.9 Å². The number of H-pyrrole nitrogens is 2. The third kappa shape index (κ3) is 5.39. The van der Waals surface area contributed by atoms with Crippen LogP contribution in [-0.2, 0) is 9.59 Å². The summed E-state index contributed by atoms with van der Waals surface area (Å²) in [5.74, 6) is -2.02. The van der Waals surface area contributed by atoms with Gasteiger partial charge in [0.2, 0.25) is 5.91 Å². The molecule has 0 saturated carbocycles. The van der Waals surface area contributed by atoms with Crippen LogP contribution in [0, 0.1) is 9.54 Å². The van der Waals surface area contributed by atoms with Crippen molar-refractivity contribution >= 4 is 59.3 Å². The Balaban J connectivity index is 1.83. The topological polar surface area (TPSA) is 129 Å². The molecule has 0 aliphatic carbocycles. The number of carbonyl (C=O) groups excluding carboxylic acids is 2. The molecular weight excluding hydrogens is 462 g/mol. The van der Waals surface area contributed by atoms with Crippen molar-refractivity contribution < 1.29 is 19.8 Å². The van der Waals surface area contributed by atoms with E-state index in [9.17, 15) is 19.8 Å². The van der Waals surface area contributed by atoms with Crippen LogP contribution in [0.15, 0.2) is 48.5 Å². The summed E-state index contributed by atoms with van der Waals surface area (Å²) < 4.78 is 2.31. The summed E-state index contributed by atoms with van der Waals surface area (Å²) in [6.07, 6.45) is 0. The molecule has 2 aromatic carbocycles. The smallest absolute Gasteiger partial charge is 0.243 e. The highest BCUT2D eigenvalue weighted by Gasteiger charge is 2.22. The first kappa shape index (κ1) is 22.7. The summed E-state index contributed by atoms with van der Waals surface area (Å²) in [7, 11) is 0. The Hall–Kier alpha value is -2.99. The van der Waals surface area contributed by atoms with Gasteiger partial charge in [-0.05, 0) is 66.9 Å². The van der Waals surface area contributed by atoms with Crippen molar-refractivity contribution in [2.45, 2.75) is 6.04 Å². The minimum Gasteiger partial charge on any atom is -0.548 e. The summed E-state index contributed by atoms with van der Waals surface area (Å²) >= 11 is 16.3. The lowest BCUT2D eigenvalue weighted by Gasteiger charge is -2.32. The minimum absolute atomic E-state index is 0.352. The predicted octanol–water partition coefficient (Wildman–Crippen LogP) is 1.80. The van der Waals surface area contributed by atoms with Gasteiger partial charge >= 0.3 is 0 Å². The lowest BCUT2D eigenvalue weighted by Crippen LogP contribution is -2.52. The SMILES string of the molecule is O=C(CN(c1ccc(Cl)cc1)C(CO)C(=O)[O-])Nc1cccc(-n2c(=S)[nH][nH]c2=S)c1. The molecule has 1 heterocycles. The molecule has 162 valence electrons. The molecule has 3 rings (SSSR count). The predicted molar refractivity (Wildman–Crippen MR) is 119 cm³/mol. The van der Waals surface area contributed by atoms with Gasteiger partial charge in [0, 0.05) is 16.4 Å². The number of carboxylic acid groups (broad SMARTS) is 1. The zero-order valence-electron chi connectivity index (χ0n) is 15.9. The average molecular weight is 479 g/mol. The number of amides is 1. The second-order valence-electron chi connectivity index (χ2n) is 6.42. The van der Waals surface area contributed by atoms with Gasteiger partial charge in [-0.25, -0.2) is 0 Å². The molecule has 0 bridgehead atoms. The van der Waals surface area contributed by atoms with E-state index in [0.717, 1.165) is 0 Å². The molecule has 0 radical (unpaired) electrons. The highest BCUT2D eigenvalue weighted by molar-refractivity contribution is 7.72. The number of aliphatic hydroxyl groups excluding tert-OH is 1. The Morgan fingerprint density at radius 1 is 1.16 bits per heavy atom. The summed E-state index contributed by atoms with van der Waals surface area (Å²) in [5, 5.41) is 29.6. The summed E-state index contributed by atoms with van der Waals surface area (Å²) in [6, 6.07) is 11.6. The van der Waals surface area contributed by atoms with E-state index in [4.69, 9.17) is 36.0 Å². The van der Waals surface area contributed by atoms with Crippen molar-refractivity contribution in [3.63, 3.8) is 0 Å². The Bertz CT molecular complexity index is 1180. The van der Waals surface area contributed by atoms with Crippen molar-refractivity contribution in [2.24, 2.45) is 0 Å². The second kappa shape index (κ2) is 9.88. The number of rotatable bonds is 8. The molecule has 1 atom stereocenters. The molecule has 4 N–H and O–H groups in total. The van der Waals surface area contributed by atoms with E-state index in [1.165, 1.54) is 4.90 Å². The zero-order chi connectivity index (χ0) is 22.5. The summed E-state index contributed by atoms with van der Waals surface area (Å²) in [5.41, 5.74) is 1.47. The van der Waals surface area contributed by atoms with Gasteiger partial charge in [0.15, 0.2) is 9.54 Å². The first-order valence-electron chi connectivity index (χ1n) is 8.94. The number of aliphatic carboxylic acids is 1. The molecule has 1 amide bonds. The van der Waals surface area contributed by atoms with Crippen molar-refractivity contribution in [2.75, 3.05) is 23.4 Å². The number of nitrogens with one attached hydrogen (secondary N) is 3. The van der Waals surface area contributed by atoms with Crippen LogP contribution < -0.4 is 15.3 Å². The first-order valence-corrected chi connectivity index (χ1v) is 10.1. The molecule has 31 heavy (non-hydrogen) atoms. The van der Waals surface area contributed by atoms with Crippen LogP contribution >= 0.6 is 36.0 Å². The van der Waals surface area contributed by atoms with E-state index in [1.807, 2.05) is 0 Å². The van der Waals surface area contributed by atoms with Gasteiger partial charge in [-0.1, -0.05) is 17.7 Å². The monoisotopic (exact) mass is 478 g/mol. The molecule has 0 spiro atoms. The van der Waals surface area contributed by atoms with Crippen molar-refractivity contribution in [3.8, 4) is 5.69 Å². The molecule has 1 aromatic heterocycles. The largest absolute Gasteiger partial charge is 0.548 e. The maximum atomic E-state index is 12.7. The van der Waals surface area contributed by atoms with E-state index >= 15 is 0 Å². The van der Waals surface area contributed by atoms with Crippen LogP contribution in [0.1, 0.15) is 0 Å². The Morgan fingerprint density at radius 2 is 1.81 bits per heavy atom. The molecule has 1 unspecified atom stereocenters. The third-order valence-electron chi connectivity index (χ3n) is 4.36. The first-order chi connectivity index (χ1) is 14.8.